The number of carboxylic acids is 1. The Morgan fingerprint density at radius 1 is 1.26 bits per heavy atom. The molecule has 27 heavy (non-hydrogen) atoms. The van der Waals surface area contributed by atoms with Gasteiger partial charge in [-0.3, -0.25) is 9.59 Å². The SMILES string of the molecule is COc1cc(F)cc(OC)c1C(=O)NC1C(=O)N2C1SC(C)(C)C2C(=O)O. The van der Waals surface area contributed by atoms with Crippen LogP contribution in [0.5, 0.6) is 11.5 Å². The number of benzene rings is 1. The molecule has 0 spiro atoms. The van der Waals surface area contributed by atoms with Gasteiger partial charge in [-0.2, -0.15) is 0 Å². The lowest BCUT2D eigenvalue weighted by Gasteiger charge is -2.43. The molecular formula is C17H19FN2O6S. The first kappa shape index (κ1) is 19.3. The first-order chi connectivity index (χ1) is 12.6. The maximum Gasteiger partial charge on any atom is 0.327 e. The van der Waals surface area contributed by atoms with Crippen LogP contribution in [-0.4, -0.2) is 64.2 Å². The molecule has 0 saturated carbocycles. The average Bonchev–Trinajstić information content (AvgIpc) is 2.86. The molecule has 2 heterocycles. The molecular weight excluding hydrogens is 379 g/mol. The normalized spacial score (nSPS) is 25.4. The largest absolute Gasteiger partial charge is 0.496 e. The van der Waals surface area contributed by atoms with Crippen molar-refractivity contribution in [2.24, 2.45) is 0 Å². The van der Waals surface area contributed by atoms with Crippen molar-refractivity contribution in [3.63, 3.8) is 0 Å². The summed E-state index contributed by atoms with van der Waals surface area (Å²) in [5.41, 5.74) is -0.0373. The number of fused-ring (bicyclic) bond motifs is 1. The molecule has 3 atom stereocenters. The smallest absolute Gasteiger partial charge is 0.327 e. The number of carbonyl (C=O) groups is 3. The van der Waals surface area contributed by atoms with Gasteiger partial charge in [0.15, 0.2) is 0 Å². The number of β-lactam (4-membered cyclic amide) rings is 1. The number of hydrogen-bond donors (Lipinski definition) is 2. The molecule has 3 unspecified atom stereocenters. The van der Waals surface area contributed by atoms with E-state index >= 15 is 0 Å². The first-order valence-electron chi connectivity index (χ1n) is 8.07. The highest BCUT2D eigenvalue weighted by Crippen LogP contribution is 2.50. The molecule has 2 fully saturated rings. The number of carboxylic acid groups (broad SMARTS) is 1. The Morgan fingerprint density at radius 2 is 1.81 bits per heavy atom. The van der Waals surface area contributed by atoms with Crippen LogP contribution in [-0.2, 0) is 9.59 Å². The summed E-state index contributed by atoms with van der Waals surface area (Å²) in [6.45, 7) is 3.49. The number of nitrogens with one attached hydrogen (secondary N) is 1. The summed E-state index contributed by atoms with van der Waals surface area (Å²) in [6.07, 6.45) is 0. The monoisotopic (exact) mass is 398 g/mol. The molecule has 3 rings (SSSR count). The quantitative estimate of drug-likeness (QED) is 0.715. The number of ether oxygens (including phenoxy) is 2. The van der Waals surface area contributed by atoms with E-state index in [0.29, 0.717) is 0 Å². The van der Waals surface area contributed by atoms with E-state index in [1.165, 1.54) is 30.9 Å². The van der Waals surface area contributed by atoms with Gasteiger partial charge in [-0.1, -0.05) is 0 Å². The van der Waals surface area contributed by atoms with Gasteiger partial charge in [0.1, 0.15) is 40.3 Å². The maximum absolute atomic E-state index is 13.6. The van der Waals surface area contributed by atoms with Crippen molar-refractivity contribution in [2.75, 3.05) is 14.2 Å². The Hall–Kier alpha value is -2.49. The highest BCUT2D eigenvalue weighted by Gasteiger charge is 2.64. The summed E-state index contributed by atoms with van der Waals surface area (Å²) in [7, 11) is 2.57. The number of rotatable bonds is 5. The van der Waals surface area contributed by atoms with E-state index in [1.807, 2.05) is 0 Å². The number of methoxy groups -OCH3 is 2. The third kappa shape index (κ3) is 2.97. The predicted octanol–water partition coefficient (Wildman–Crippen LogP) is 1.09. The van der Waals surface area contributed by atoms with Gasteiger partial charge >= 0.3 is 5.97 Å². The Bertz CT molecular complexity index is 805. The van der Waals surface area contributed by atoms with Crippen LogP contribution >= 0.6 is 11.8 Å². The van der Waals surface area contributed by atoms with Gasteiger partial charge in [0.2, 0.25) is 5.91 Å². The average molecular weight is 398 g/mol. The second-order valence-corrected chi connectivity index (χ2v) is 8.51. The number of amides is 2. The third-order valence-electron chi connectivity index (χ3n) is 4.66. The van der Waals surface area contributed by atoms with Crippen LogP contribution in [0.4, 0.5) is 4.39 Å². The van der Waals surface area contributed by atoms with Crippen molar-refractivity contribution in [3.8, 4) is 11.5 Å². The van der Waals surface area contributed by atoms with Gasteiger partial charge in [0.05, 0.1) is 14.2 Å². The topological polar surface area (TPSA) is 105 Å². The highest BCUT2D eigenvalue weighted by atomic mass is 32.2. The molecule has 0 radical (unpaired) electrons. The van der Waals surface area contributed by atoms with Crippen LogP contribution in [0.2, 0.25) is 0 Å². The molecule has 8 nitrogen and oxygen atoms in total. The summed E-state index contributed by atoms with van der Waals surface area (Å²) in [6, 6.07) is 0.231. The maximum atomic E-state index is 13.6. The molecule has 2 amide bonds. The van der Waals surface area contributed by atoms with Gasteiger partial charge in [0, 0.05) is 16.9 Å². The second kappa shape index (κ2) is 6.59. The second-order valence-electron chi connectivity index (χ2n) is 6.73. The van der Waals surface area contributed by atoms with E-state index in [4.69, 9.17) is 9.47 Å². The molecule has 2 aliphatic rings. The van der Waals surface area contributed by atoms with E-state index in [2.05, 4.69) is 5.32 Å². The van der Waals surface area contributed by atoms with Crippen molar-refractivity contribution in [2.45, 2.75) is 36.1 Å². The molecule has 10 heteroatoms. The predicted molar refractivity (Wildman–Crippen MR) is 94.5 cm³/mol. The van der Waals surface area contributed by atoms with Crippen molar-refractivity contribution < 1.29 is 33.4 Å². The van der Waals surface area contributed by atoms with Crippen LogP contribution in [0.3, 0.4) is 0 Å². The number of carbonyl (C=O) groups excluding carboxylic acids is 2. The Morgan fingerprint density at radius 3 is 2.30 bits per heavy atom. The van der Waals surface area contributed by atoms with Crippen LogP contribution < -0.4 is 14.8 Å². The Kier molecular flexibility index (Phi) is 4.71. The van der Waals surface area contributed by atoms with Crippen LogP contribution in [0.25, 0.3) is 0 Å². The summed E-state index contributed by atoms with van der Waals surface area (Å²) >= 11 is 1.31. The van der Waals surface area contributed by atoms with Crippen LogP contribution in [0, 0.1) is 5.82 Å². The number of halogens is 1. The Labute approximate surface area is 159 Å². The van der Waals surface area contributed by atoms with Gasteiger partial charge in [-0.15, -0.1) is 11.8 Å². The minimum atomic E-state index is -1.09. The lowest BCUT2D eigenvalue weighted by Crippen LogP contribution is -2.70. The highest BCUT2D eigenvalue weighted by molar-refractivity contribution is 8.01. The minimum absolute atomic E-state index is 0.0317. The van der Waals surface area contributed by atoms with Gasteiger partial charge < -0.3 is 24.8 Å². The standard InChI is InChI=1S/C17H19FN2O6S/c1-17(2)12(16(23)24)20-14(22)11(15(20)27-17)19-13(21)10-8(25-3)5-7(18)6-9(10)26-4/h5-6,11-12,15H,1-4H3,(H,19,21)(H,23,24). The molecule has 1 aromatic carbocycles. The third-order valence-corrected chi connectivity index (χ3v) is 6.23. The molecule has 1 aromatic rings. The van der Waals surface area contributed by atoms with Crippen molar-refractivity contribution in [1.29, 1.82) is 0 Å². The summed E-state index contributed by atoms with van der Waals surface area (Å²) < 4.78 is 23.0. The summed E-state index contributed by atoms with van der Waals surface area (Å²) in [5, 5.41) is 11.5. The van der Waals surface area contributed by atoms with Crippen molar-refractivity contribution in [3.05, 3.63) is 23.5 Å². The fourth-order valence-corrected chi connectivity index (χ4v) is 5.09. The fraction of sp³-hybridized carbons (Fsp3) is 0.471. The molecule has 2 N–H and O–H groups in total. The summed E-state index contributed by atoms with van der Waals surface area (Å²) in [4.78, 5) is 38.0. The van der Waals surface area contributed by atoms with E-state index < -0.39 is 45.8 Å². The number of aliphatic carboxylic acids is 1. The zero-order valence-electron chi connectivity index (χ0n) is 15.1. The Balaban J connectivity index is 1.85. The van der Waals surface area contributed by atoms with Crippen LogP contribution in [0.15, 0.2) is 12.1 Å². The number of hydrogen-bond acceptors (Lipinski definition) is 6. The lowest BCUT2D eigenvalue weighted by atomic mass is 9.96. The van der Waals surface area contributed by atoms with E-state index in [1.54, 1.807) is 13.8 Å². The first-order valence-corrected chi connectivity index (χ1v) is 8.95. The molecule has 2 saturated heterocycles. The fourth-order valence-electron chi connectivity index (χ4n) is 3.46. The van der Waals surface area contributed by atoms with Gasteiger partial charge in [-0.25, -0.2) is 9.18 Å². The number of nitrogens with zero attached hydrogens (tertiary/aromatic N) is 1. The van der Waals surface area contributed by atoms with E-state index in [-0.39, 0.29) is 17.1 Å². The van der Waals surface area contributed by atoms with Gasteiger partial charge in [0.25, 0.3) is 5.91 Å². The van der Waals surface area contributed by atoms with Crippen LogP contribution in [0.1, 0.15) is 24.2 Å². The van der Waals surface area contributed by atoms with Crippen molar-refractivity contribution >= 4 is 29.5 Å². The van der Waals surface area contributed by atoms with E-state index in [9.17, 15) is 23.9 Å². The molecule has 2 aliphatic heterocycles. The zero-order valence-corrected chi connectivity index (χ0v) is 15.9. The van der Waals surface area contributed by atoms with Crippen molar-refractivity contribution in [1.82, 2.24) is 10.2 Å². The minimum Gasteiger partial charge on any atom is -0.496 e. The number of thioether (sulfide) groups is 1. The van der Waals surface area contributed by atoms with E-state index in [0.717, 1.165) is 12.1 Å². The molecule has 0 bridgehead atoms. The van der Waals surface area contributed by atoms with Gasteiger partial charge in [-0.05, 0) is 13.8 Å². The lowest BCUT2D eigenvalue weighted by molar-refractivity contribution is -0.159. The zero-order chi connectivity index (χ0) is 20.1. The molecule has 0 aromatic heterocycles. The molecule has 0 aliphatic carbocycles. The summed E-state index contributed by atoms with van der Waals surface area (Å²) in [5.74, 6) is -2.93. The molecule has 146 valence electrons.